The molecule has 0 saturated heterocycles. The van der Waals surface area contributed by atoms with Gasteiger partial charge >= 0.3 is 0 Å². The molecule has 0 aliphatic carbocycles. The van der Waals surface area contributed by atoms with Crippen LogP contribution in [0.25, 0.3) is 0 Å². The second kappa shape index (κ2) is 8.06. The van der Waals surface area contributed by atoms with Gasteiger partial charge in [0.2, 0.25) is 0 Å². The number of Topliss-reactive ketones (excluding diaryl/α,β-unsaturated/α-hetero) is 1. The average molecular weight is 459 g/mol. The van der Waals surface area contributed by atoms with Crippen LogP contribution in [0.15, 0.2) is 46.3 Å². The Balaban J connectivity index is 2.64. The zero-order valence-electron chi connectivity index (χ0n) is 13.6. The van der Waals surface area contributed by atoms with Crippen LogP contribution in [0.2, 0.25) is 0 Å². The van der Waals surface area contributed by atoms with Gasteiger partial charge in [0, 0.05) is 4.88 Å². The maximum Gasteiger partial charge on any atom is 0.161 e. The van der Waals surface area contributed by atoms with Gasteiger partial charge < -0.3 is 4.90 Å². The van der Waals surface area contributed by atoms with Crippen LogP contribution in [0.5, 0.6) is 0 Å². The quantitative estimate of drug-likeness (QED) is 0.538. The summed E-state index contributed by atoms with van der Waals surface area (Å²) in [5, 5.41) is 0. The van der Waals surface area contributed by atoms with Crippen molar-refractivity contribution in [3.05, 3.63) is 56.7 Å². The van der Waals surface area contributed by atoms with E-state index in [0.717, 1.165) is 27.2 Å². The number of ketones is 1. The lowest BCUT2D eigenvalue weighted by molar-refractivity contribution is -0.122. The highest BCUT2D eigenvalue weighted by Crippen LogP contribution is 2.43. The molecule has 2 aromatic rings. The number of thiophene rings is 1. The third-order valence-corrected chi connectivity index (χ3v) is 6.18. The molecule has 0 amide bonds. The summed E-state index contributed by atoms with van der Waals surface area (Å²) >= 11 is 8.71. The number of hydrogen-bond donors (Lipinski definition) is 0. The van der Waals surface area contributed by atoms with Crippen LogP contribution in [-0.4, -0.2) is 36.2 Å². The topological polar surface area (TPSA) is 20.3 Å². The van der Waals surface area contributed by atoms with E-state index in [1.165, 1.54) is 0 Å². The zero-order chi connectivity index (χ0) is 17.0. The van der Waals surface area contributed by atoms with Crippen LogP contribution >= 0.6 is 43.2 Å². The van der Waals surface area contributed by atoms with Crippen molar-refractivity contribution >= 4 is 49.0 Å². The van der Waals surface area contributed by atoms with Crippen LogP contribution in [0.4, 0.5) is 0 Å². The molecule has 0 spiro atoms. The fourth-order valence-electron chi connectivity index (χ4n) is 2.79. The van der Waals surface area contributed by atoms with Gasteiger partial charge in [0.1, 0.15) is 0 Å². The molecule has 2 rings (SSSR count). The van der Waals surface area contributed by atoms with Crippen molar-refractivity contribution in [2.75, 3.05) is 20.6 Å². The summed E-state index contributed by atoms with van der Waals surface area (Å²) < 4.78 is 1.05. The van der Waals surface area contributed by atoms with Crippen LogP contribution < -0.4 is 0 Å². The van der Waals surface area contributed by atoms with Crippen molar-refractivity contribution < 1.29 is 4.79 Å². The lowest BCUT2D eigenvalue weighted by Gasteiger charge is -2.34. The molecule has 1 heterocycles. The zero-order valence-corrected chi connectivity index (χ0v) is 17.5. The third-order valence-electron chi connectivity index (χ3n) is 3.98. The number of carbonyl (C=O) groups excluding carboxylic acids is 1. The van der Waals surface area contributed by atoms with Crippen LogP contribution in [0.3, 0.4) is 0 Å². The number of nitrogens with zero attached hydrogens (tertiary/aromatic N) is 1. The number of carbonyl (C=O) groups is 1. The van der Waals surface area contributed by atoms with Crippen molar-refractivity contribution in [2.24, 2.45) is 0 Å². The first-order valence-electron chi connectivity index (χ1n) is 7.52. The number of hydrogen-bond acceptors (Lipinski definition) is 3. The van der Waals surface area contributed by atoms with Crippen molar-refractivity contribution in [1.29, 1.82) is 0 Å². The first-order chi connectivity index (χ1) is 10.9. The monoisotopic (exact) mass is 457 g/mol. The van der Waals surface area contributed by atoms with E-state index in [0.29, 0.717) is 0 Å². The molecule has 0 aliphatic rings. The molecule has 1 aromatic heterocycles. The maximum absolute atomic E-state index is 13.3. The van der Waals surface area contributed by atoms with E-state index >= 15 is 0 Å². The van der Waals surface area contributed by atoms with Gasteiger partial charge in [0.15, 0.2) is 5.78 Å². The smallest absolute Gasteiger partial charge is 0.161 e. The molecule has 5 heteroatoms. The SMILES string of the molecule is C[C@H](Br)C(=O)[C@@](CCN(C)C)(c1ccccc1)c1ccc(Br)s1. The van der Waals surface area contributed by atoms with Gasteiger partial charge in [-0.2, -0.15) is 0 Å². The maximum atomic E-state index is 13.3. The summed E-state index contributed by atoms with van der Waals surface area (Å²) in [4.78, 5) is 16.3. The summed E-state index contributed by atoms with van der Waals surface area (Å²) in [6.07, 6.45) is 0.756. The Hall–Kier alpha value is -0.490. The molecule has 124 valence electrons. The Kier molecular flexibility index (Phi) is 6.60. The van der Waals surface area contributed by atoms with E-state index in [4.69, 9.17) is 0 Å². The number of alkyl halides is 1. The molecule has 0 unspecified atom stereocenters. The summed E-state index contributed by atoms with van der Waals surface area (Å²) in [6, 6.07) is 14.2. The second-order valence-corrected chi connectivity index (χ2v) is 9.75. The van der Waals surface area contributed by atoms with E-state index in [9.17, 15) is 4.79 Å². The van der Waals surface area contributed by atoms with Gasteiger partial charge in [-0.05, 0) is 67.6 Å². The molecular weight excluding hydrogens is 438 g/mol. The number of benzene rings is 1. The van der Waals surface area contributed by atoms with Crippen LogP contribution in [0, 0.1) is 0 Å². The molecule has 0 radical (unpaired) electrons. The van der Waals surface area contributed by atoms with Gasteiger partial charge in [-0.3, -0.25) is 4.79 Å². The van der Waals surface area contributed by atoms with Crippen molar-refractivity contribution in [3.8, 4) is 0 Å². The first kappa shape index (κ1) is 18.8. The summed E-state index contributed by atoms with van der Waals surface area (Å²) in [6.45, 7) is 2.76. The van der Waals surface area contributed by atoms with Gasteiger partial charge in [-0.25, -0.2) is 0 Å². The minimum absolute atomic E-state index is 0.203. The summed E-state index contributed by atoms with van der Waals surface area (Å²) in [7, 11) is 4.09. The van der Waals surface area contributed by atoms with Gasteiger partial charge in [0.25, 0.3) is 0 Å². The Morgan fingerprint density at radius 2 is 1.87 bits per heavy atom. The highest BCUT2D eigenvalue weighted by molar-refractivity contribution is 9.11. The van der Waals surface area contributed by atoms with Gasteiger partial charge in [-0.1, -0.05) is 46.3 Å². The Morgan fingerprint density at radius 3 is 2.35 bits per heavy atom. The lowest BCUT2D eigenvalue weighted by atomic mass is 9.72. The van der Waals surface area contributed by atoms with Crippen LogP contribution in [-0.2, 0) is 10.2 Å². The molecule has 0 N–H and O–H groups in total. The normalized spacial score (nSPS) is 15.4. The minimum atomic E-state index is -0.620. The molecule has 1 aromatic carbocycles. The highest BCUT2D eigenvalue weighted by atomic mass is 79.9. The minimum Gasteiger partial charge on any atom is -0.309 e. The van der Waals surface area contributed by atoms with Crippen LogP contribution in [0.1, 0.15) is 23.8 Å². The molecule has 0 aliphatic heterocycles. The Labute approximate surface area is 159 Å². The summed E-state index contributed by atoms with van der Waals surface area (Å²) in [5.41, 5.74) is 0.443. The Bertz CT molecular complexity index is 654. The fourth-order valence-corrected chi connectivity index (χ4v) is 4.82. The molecule has 0 saturated carbocycles. The largest absolute Gasteiger partial charge is 0.309 e. The molecule has 0 fully saturated rings. The second-order valence-electron chi connectivity index (χ2n) is 5.91. The number of halogens is 2. The summed E-state index contributed by atoms with van der Waals surface area (Å²) in [5.74, 6) is 0.208. The molecule has 2 atom stereocenters. The molecule has 0 bridgehead atoms. The number of rotatable bonds is 7. The predicted molar refractivity (Wildman–Crippen MR) is 106 cm³/mol. The van der Waals surface area contributed by atoms with Crippen molar-refractivity contribution in [3.63, 3.8) is 0 Å². The molecule has 2 nitrogen and oxygen atoms in total. The average Bonchev–Trinajstić information content (AvgIpc) is 2.95. The lowest BCUT2D eigenvalue weighted by Crippen LogP contribution is -2.42. The van der Waals surface area contributed by atoms with E-state index < -0.39 is 5.41 Å². The van der Waals surface area contributed by atoms with E-state index in [1.807, 2.05) is 45.3 Å². The fraction of sp³-hybridized carbons (Fsp3) is 0.389. The third kappa shape index (κ3) is 4.13. The Morgan fingerprint density at radius 1 is 1.22 bits per heavy atom. The van der Waals surface area contributed by atoms with E-state index in [2.05, 4.69) is 55.0 Å². The van der Waals surface area contributed by atoms with Gasteiger partial charge in [-0.15, -0.1) is 11.3 Å². The van der Waals surface area contributed by atoms with Crippen molar-refractivity contribution in [1.82, 2.24) is 4.90 Å². The first-order valence-corrected chi connectivity index (χ1v) is 10.0. The standard InChI is InChI=1S/C18H21Br2NOS/c1-13(19)17(22)18(11-12-21(2)3,14-7-5-4-6-8-14)15-9-10-16(20)23-15/h4-10,13H,11-12H2,1-3H3/t13-,18-/m0/s1. The van der Waals surface area contributed by atoms with Gasteiger partial charge in [0.05, 0.1) is 14.0 Å². The predicted octanol–water partition coefficient (Wildman–Crippen LogP) is 5.10. The highest BCUT2D eigenvalue weighted by Gasteiger charge is 2.44. The molecular formula is C18H21Br2NOS. The molecule has 23 heavy (non-hydrogen) atoms. The van der Waals surface area contributed by atoms with E-state index in [1.54, 1.807) is 11.3 Å². The van der Waals surface area contributed by atoms with Crippen molar-refractivity contribution in [2.45, 2.75) is 23.6 Å². The van der Waals surface area contributed by atoms with E-state index in [-0.39, 0.29) is 10.6 Å².